The number of halogens is 1. The van der Waals surface area contributed by atoms with Crippen molar-refractivity contribution in [2.45, 2.75) is 6.92 Å². The zero-order valence-electron chi connectivity index (χ0n) is 16.5. The monoisotopic (exact) mass is 396 g/mol. The first-order chi connectivity index (χ1) is 14.1. The molecule has 2 heterocycles. The van der Waals surface area contributed by atoms with E-state index in [4.69, 9.17) is 15.2 Å². The number of pyridine rings is 1. The van der Waals surface area contributed by atoms with Gasteiger partial charge in [-0.3, -0.25) is 4.90 Å². The fraction of sp³-hybridized carbons (Fsp3) is 0.318. The molecule has 152 valence electrons. The Hall–Kier alpha value is -2.90. The predicted octanol–water partition coefficient (Wildman–Crippen LogP) is 3.72. The highest BCUT2D eigenvalue weighted by Crippen LogP contribution is 2.31. The summed E-state index contributed by atoms with van der Waals surface area (Å²) in [6.45, 7) is 6.58. The van der Waals surface area contributed by atoms with Crippen molar-refractivity contribution in [3.8, 4) is 5.75 Å². The largest absolute Gasteiger partial charge is 0.492 e. The number of anilines is 3. The summed E-state index contributed by atoms with van der Waals surface area (Å²) in [6.07, 6.45) is 1.67. The van der Waals surface area contributed by atoms with Gasteiger partial charge in [0.05, 0.1) is 18.9 Å². The van der Waals surface area contributed by atoms with E-state index >= 15 is 0 Å². The molecule has 0 unspecified atom stereocenters. The van der Waals surface area contributed by atoms with Crippen LogP contribution >= 0.6 is 0 Å². The van der Waals surface area contributed by atoms with Crippen molar-refractivity contribution in [2.75, 3.05) is 50.5 Å². The molecule has 7 heteroatoms. The Morgan fingerprint density at radius 3 is 2.79 bits per heavy atom. The maximum absolute atomic E-state index is 14.6. The molecule has 2 aromatic carbocycles. The van der Waals surface area contributed by atoms with Crippen LogP contribution in [-0.4, -0.2) is 49.3 Å². The molecule has 6 nitrogen and oxygen atoms in total. The van der Waals surface area contributed by atoms with E-state index in [1.165, 1.54) is 6.07 Å². The van der Waals surface area contributed by atoms with E-state index in [9.17, 15) is 4.39 Å². The first-order valence-corrected chi connectivity index (χ1v) is 9.75. The van der Waals surface area contributed by atoms with E-state index in [1.807, 2.05) is 25.1 Å². The fourth-order valence-corrected chi connectivity index (χ4v) is 3.42. The number of ether oxygens (including phenoxy) is 2. The zero-order valence-corrected chi connectivity index (χ0v) is 16.5. The highest BCUT2D eigenvalue weighted by Gasteiger charge is 2.12. The van der Waals surface area contributed by atoms with Crippen molar-refractivity contribution in [1.29, 1.82) is 0 Å². The molecule has 0 spiro atoms. The molecule has 0 radical (unpaired) electrons. The van der Waals surface area contributed by atoms with Crippen molar-refractivity contribution >= 4 is 28.0 Å². The second-order valence-electron chi connectivity index (χ2n) is 7.12. The second-order valence-corrected chi connectivity index (χ2v) is 7.12. The quantitative estimate of drug-likeness (QED) is 0.619. The summed E-state index contributed by atoms with van der Waals surface area (Å²) >= 11 is 0. The van der Waals surface area contributed by atoms with Crippen LogP contribution in [0.2, 0.25) is 0 Å². The highest BCUT2D eigenvalue weighted by atomic mass is 19.1. The smallest absolute Gasteiger partial charge is 0.150 e. The van der Waals surface area contributed by atoms with Crippen LogP contribution in [0.5, 0.6) is 5.75 Å². The van der Waals surface area contributed by atoms with Crippen LogP contribution in [0.3, 0.4) is 0 Å². The first-order valence-electron chi connectivity index (χ1n) is 9.75. The third-order valence-electron chi connectivity index (χ3n) is 5.18. The summed E-state index contributed by atoms with van der Waals surface area (Å²) in [5, 5.41) is 4.82. The van der Waals surface area contributed by atoms with Gasteiger partial charge in [-0.2, -0.15) is 0 Å². The number of aromatic nitrogens is 1. The van der Waals surface area contributed by atoms with Crippen molar-refractivity contribution in [2.24, 2.45) is 0 Å². The molecule has 1 aliphatic rings. The maximum atomic E-state index is 14.6. The van der Waals surface area contributed by atoms with Crippen molar-refractivity contribution in [1.82, 2.24) is 9.88 Å². The summed E-state index contributed by atoms with van der Waals surface area (Å²) in [5.74, 6) is 0.675. The summed E-state index contributed by atoms with van der Waals surface area (Å²) in [7, 11) is 0. The molecular weight excluding hydrogens is 371 g/mol. The van der Waals surface area contributed by atoms with Crippen molar-refractivity contribution in [3.05, 3.63) is 54.0 Å². The van der Waals surface area contributed by atoms with Crippen LogP contribution in [0.1, 0.15) is 5.56 Å². The third kappa shape index (κ3) is 4.41. The normalized spacial score (nSPS) is 14.8. The molecule has 1 aromatic heterocycles. The number of hydrogen-bond acceptors (Lipinski definition) is 6. The van der Waals surface area contributed by atoms with E-state index in [-0.39, 0.29) is 0 Å². The molecule has 0 aliphatic carbocycles. The average Bonchev–Trinajstić information content (AvgIpc) is 2.74. The third-order valence-corrected chi connectivity index (χ3v) is 5.18. The molecule has 0 bridgehead atoms. The topological polar surface area (TPSA) is 72.6 Å². The lowest BCUT2D eigenvalue weighted by atomic mass is 10.1. The Kier molecular flexibility index (Phi) is 5.78. The number of morpholine rings is 1. The molecule has 0 saturated carbocycles. The number of aryl methyl sites for hydroxylation is 1. The maximum Gasteiger partial charge on any atom is 0.150 e. The number of rotatable bonds is 6. The van der Waals surface area contributed by atoms with Gasteiger partial charge in [-0.15, -0.1) is 0 Å². The van der Waals surface area contributed by atoms with Crippen LogP contribution in [0.25, 0.3) is 10.8 Å². The van der Waals surface area contributed by atoms with Gasteiger partial charge in [0, 0.05) is 48.4 Å². The molecular formula is C22H25FN4O2. The number of hydrogen-bond donors (Lipinski definition) is 2. The number of nitrogens with zero attached hydrogens (tertiary/aromatic N) is 2. The number of nitrogens with one attached hydrogen (secondary N) is 1. The molecule has 3 N–H and O–H groups in total. The van der Waals surface area contributed by atoms with Crippen molar-refractivity contribution in [3.63, 3.8) is 0 Å². The van der Waals surface area contributed by atoms with Crippen molar-refractivity contribution < 1.29 is 13.9 Å². The van der Waals surface area contributed by atoms with Crippen LogP contribution in [-0.2, 0) is 4.74 Å². The van der Waals surface area contributed by atoms with E-state index in [1.54, 1.807) is 18.3 Å². The molecule has 0 amide bonds. The molecule has 0 atom stereocenters. The number of nitrogen functional groups attached to an aromatic ring is 1. The lowest BCUT2D eigenvalue weighted by Crippen LogP contribution is -2.38. The number of fused-ring (bicyclic) bond motifs is 1. The number of benzene rings is 2. The zero-order chi connectivity index (χ0) is 20.2. The summed E-state index contributed by atoms with van der Waals surface area (Å²) in [5.41, 5.74) is 8.22. The molecule has 3 aromatic rings. The standard InChI is InChI=1S/C22H25FN4O2/c1-15-2-4-18-17(21(15)24)6-7-25-22(18)26-20-5-3-16(14-19(20)23)29-13-10-27-8-11-28-12-9-27/h2-7,14H,8-13,24H2,1H3,(H,25,26). The fourth-order valence-electron chi connectivity index (χ4n) is 3.42. The minimum atomic E-state index is -0.396. The molecule has 4 rings (SSSR count). The minimum Gasteiger partial charge on any atom is -0.492 e. The van der Waals surface area contributed by atoms with Gasteiger partial charge < -0.3 is 20.5 Å². The van der Waals surface area contributed by atoms with Gasteiger partial charge in [0.1, 0.15) is 24.0 Å². The number of nitrogens with two attached hydrogens (primary N) is 1. The Morgan fingerprint density at radius 1 is 1.17 bits per heavy atom. The predicted molar refractivity (Wildman–Crippen MR) is 113 cm³/mol. The van der Waals surface area contributed by atoms with E-state index in [2.05, 4.69) is 15.2 Å². The Labute approximate surface area is 169 Å². The minimum absolute atomic E-state index is 0.338. The van der Waals surface area contributed by atoms with E-state index < -0.39 is 5.82 Å². The van der Waals surface area contributed by atoms with Gasteiger partial charge in [0.2, 0.25) is 0 Å². The van der Waals surface area contributed by atoms with Gasteiger partial charge in [0.25, 0.3) is 0 Å². The van der Waals surface area contributed by atoms with Gasteiger partial charge in [-0.25, -0.2) is 9.37 Å². The molecule has 1 saturated heterocycles. The first kappa shape index (κ1) is 19.4. The van der Waals surface area contributed by atoms with E-state index in [0.717, 1.165) is 49.2 Å². The lowest BCUT2D eigenvalue weighted by Gasteiger charge is -2.26. The van der Waals surface area contributed by atoms with Gasteiger partial charge in [-0.05, 0) is 30.7 Å². The molecule has 1 aliphatic heterocycles. The van der Waals surface area contributed by atoms with Gasteiger partial charge in [-0.1, -0.05) is 12.1 Å². The van der Waals surface area contributed by atoms with Gasteiger partial charge >= 0.3 is 0 Å². The van der Waals surface area contributed by atoms with E-state index in [0.29, 0.717) is 29.5 Å². The average molecular weight is 396 g/mol. The Balaban J connectivity index is 1.45. The highest BCUT2D eigenvalue weighted by molar-refractivity contribution is 6.01. The summed E-state index contributed by atoms with van der Waals surface area (Å²) < 4.78 is 25.7. The summed E-state index contributed by atoms with van der Waals surface area (Å²) in [6, 6.07) is 10.6. The van der Waals surface area contributed by atoms with Gasteiger partial charge in [0.15, 0.2) is 0 Å². The molecule has 29 heavy (non-hydrogen) atoms. The molecule has 1 fully saturated rings. The SMILES string of the molecule is Cc1ccc2c(Nc3ccc(OCCN4CCOCC4)cc3F)nccc2c1N. The van der Waals surface area contributed by atoms with Crippen LogP contribution in [0.4, 0.5) is 21.6 Å². The lowest BCUT2D eigenvalue weighted by molar-refractivity contribution is 0.0322. The van der Waals surface area contributed by atoms with Crippen LogP contribution < -0.4 is 15.8 Å². The summed E-state index contributed by atoms with van der Waals surface area (Å²) in [4.78, 5) is 6.63. The Morgan fingerprint density at radius 2 is 2.00 bits per heavy atom. The Bertz CT molecular complexity index is 1010. The van der Waals surface area contributed by atoms with Crippen LogP contribution in [0, 0.1) is 12.7 Å². The van der Waals surface area contributed by atoms with Crippen LogP contribution in [0.15, 0.2) is 42.6 Å². The second kappa shape index (κ2) is 8.63.